The molecule has 1 amide bonds. The van der Waals surface area contributed by atoms with Gasteiger partial charge in [-0.3, -0.25) is 4.79 Å². The summed E-state index contributed by atoms with van der Waals surface area (Å²) in [6.45, 7) is 4.89. The van der Waals surface area contributed by atoms with Crippen LogP contribution in [-0.4, -0.2) is 30.8 Å². The molecule has 130 valence electrons. The molecule has 1 aromatic rings. The molecule has 4 nitrogen and oxygen atoms in total. The molecular formula is C17H25F2NO3. The van der Waals surface area contributed by atoms with Gasteiger partial charge in [0.25, 0.3) is 5.91 Å². The molecule has 0 aromatic heterocycles. The monoisotopic (exact) mass is 329 g/mol. The van der Waals surface area contributed by atoms with E-state index in [9.17, 15) is 18.7 Å². The van der Waals surface area contributed by atoms with E-state index in [2.05, 4.69) is 10.1 Å². The zero-order valence-corrected chi connectivity index (χ0v) is 14.1. The number of nitrogens with one attached hydrogen (secondary N) is 1. The number of hydrogen-bond acceptors (Lipinski definition) is 3. The molecule has 1 rings (SSSR count). The minimum absolute atomic E-state index is 0.102. The Kier molecular flexibility index (Phi) is 6.94. The lowest BCUT2D eigenvalue weighted by atomic mass is 9.89. The highest BCUT2D eigenvalue weighted by atomic mass is 19.3. The first-order valence-corrected chi connectivity index (χ1v) is 7.61. The third-order valence-corrected chi connectivity index (χ3v) is 3.67. The van der Waals surface area contributed by atoms with Crippen LogP contribution in [0.2, 0.25) is 0 Å². The summed E-state index contributed by atoms with van der Waals surface area (Å²) in [5, 5.41) is 12.0. The van der Waals surface area contributed by atoms with Gasteiger partial charge in [-0.2, -0.15) is 8.78 Å². The van der Waals surface area contributed by atoms with Crippen LogP contribution in [0.15, 0.2) is 12.1 Å². The van der Waals surface area contributed by atoms with Gasteiger partial charge < -0.3 is 15.2 Å². The minimum atomic E-state index is -2.89. The average molecular weight is 329 g/mol. The van der Waals surface area contributed by atoms with Crippen molar-refractivity contribution in [2.45, 2.75) is 47.1 Å². The van der Waals surface area contributed by atoms with Gasteiger partial charge in [-0.05, 0) is 55.4 Å². The Labute approximate surface area is 135 Å². The molecule has 0 atom stereocenters. The van der Waals surface area contributed by atoms with Gasteiger partial charge >= 0.3 is 6.61 Å². The Balaban J connectivity index is 2.64. The minimum Gasteiger partial charge on any atom is -0.434 e. The fraction of sp³-hybridized carbons (Fsp3) is 0.588. The quantitative estimate of drug-likeness (QED) is 0.718. The van der Waals surface area contributed by atoms with Crippen molar-refractivity contribution in [1.82, 2.24) is 5.32 Å². The number of hydrogen-bond donors (Lipinski definition) is 2. The van der Waals surface area contributed by atoms with Gasteiger partial charge in [0.05, 0.1) is 0 Å². The number of aliphatic hydroxyl groups excluding tert-OH is 1. The van der Waals surface area contributed by atoms with E-state index >= 15 is 0 Å². The topological polar surface area (TPSA) is 58.6 Å². The molecule has 6 heteroatoms. The Morgan fingerprint density at radius 2 is 1.87 bits per heavy atom. The van der Waals surface area contributed by atoms with Crippen molar-refractivity contribution in [3.63, 3.8) is 0 Å². The van der Waals surface area contributed by atoms with Gasteiger partial charge in [0, 0.05) is 18.7 Å². The van der Waals surface area contributed by atoms with Crippen LogP contribution in [0.4, 0.5) is 8.78 Å². The first kappa shape index (κ1) is 19.4. The van der Waals surface area contributed by atoms with Crippen molar-refractivity contribution < 1.29 is 23.4 Å². The maximum atomic E-state index is 12.4. The van der Waals surface area contributed by atoms with E-state index in [1.54, 1.807) is 13.8 Å². The summed E-state index contributed by atoms with van der Waals surface area (Å²) in [7, 11) is 0. The Morgan fingerprint density at radius 1 is 1.30 bits per heavy atom. The normalized spacial score (nSPS) is 11.7. The molecule has 0 radical (unpaired) electrons. The third kappa shape index (κ3) is 6.14. The summed E-state index contributed by atoms with van der Waals surface area (Å²) in [6.07, 6.45) is 1.55. The molecule has 0 unspecified atom stereocenters. The van der Waals surface area contributed by atoms with Crippen molar-refractivity contribution in [3.8, 4) is 5.75 Å². The number of amides is 1. The summed E-state index contributed by atoms with van der Waals surface area (Å²) in [5.74, 6) is -0.136. The molecule has 0 aliphatic heterocycles. The second kappa shape index (κ2) is 8.24. The summed E-state index contributed by atoms with van der Waals surface area (Å²) in [4.78, 5) is 12.1. The molecule has 0 heterocycles. The number of rotatable bonds is 8. The molecule has 0 fully saturated rings. The lowest BCUT2D eigenvalue weighted by Gasteiger charge is -2.21. The number of aryl methyl sites for hydroxylation is 2. The number of aliphatic hydroxyl groups is 1. The molecule has 0 saturated heterocycles. The zero-order valence-electron chi connectivity index (χ0n) is 14.1. The van der Waals surface area contributed by atoms with Gasteiger partial charge in [0.15, 0.2) is 0 Å². The summed E-state index contributed by atoms with van der Waals surface area (Å²) in [6, 6.07) is 3.08. The van der Waals surface area contributed by atoms with E-state index in [0.717, 1.165) is 12.8 Å². The molecule has 0 aliphatic rings. The number of ether oxygens (including phenoxy) is 1. The largest absolute Gasteiger partial charge is 0.434 e. The first-order valence-electron chi connectivity index (χ1n) is 7.61. The first-order chi connectivity index (χ1) is 10.7. The third-order valence-electron chi connectivity index (χ3n) is 3.67. The lowest BCUT2D eigenvalue weighted by molar-refractivity contribution is -0.0507. The van der Waals surface area contributed by atoms with Crippen LogP contribution < -0.4 is 10.1 Å². The van der Waals surface area contributed by atoms with Gasteiger partial charge in [-0.25, -0.2) is 0 Å². The number of carbonyl (C=O) groups is 1. The van der Waals surface area contributed by atoms with E-state index in [1.165, 1.54) is 12.1 Å². The number of halogens is 2. The lowest BCUT2D eigenvalue weighted by Crippen LogP contribution is -2.26. The van der Waals surface area contributed by atoms with Crippen molar-refractivity contribution >= 4 is 5.91 Å². The average Bonchev–Trinajstić information content (AvgIpc) is 2.46. The number of alkyl halides is 2. The van der Waals surface area contributed by atoms with Crippen molar-refractivity contribution in [3.05, 3.63) is 28.8 Å². The van der Waals surface area contributed by atoms with Gasteiger partial charge in [-0.1, -0.05) is 13.8 Å². The molecular weight excluding hydrogens is 304 g/mol. The van der Waals surface area contributed by atoms with Crippen LogP contribution in [-0.2, 0) is 0 Å². The fourth-order valence-electron chi connectivity index (χ4n) is 2.31. The zero-order chi connectivity index (χ0) is 17.6. The fourth-order valence-corrected chi connectivity index (χ4v) is 2.31. The second-order valence-corrected chi connectivity index (χ2v) is 6.50. The Bertz CT molecular complexity index is 522. The van der Waals surface area contributed by atoms with Gasteiger partial charge in [0.2, 0.25) is 0 Å². The predicted molar refractivity (Wildman–Crippen MR) is 85.0 cm³/mol. The molecule has 0 saturated carbocycles. The Hall–Kier alpha value is -1.69. The SMILES string of the molecule is Cc1cc(C(=O)NCCCC(C)(C)CO)cc(C)c1OC(F)F. The van der Waals surface area contributed by atoms with E-state index in [0.29, 0.717) is 23.2 Å². The van der Waals surface area contributed by atoms with E-state index in [4.69, 9.17) is 0 Å². The standard InChI is InChI=1S/C17H25F2NO3/c1-11-8-13(9-12(2)14(11)23-16(18)19)15(22)20-7-5-6-17(3,4)10-21/h8-9,16,21H,5-7,10H2,1-4H3,(H,20,22). The molecule has 1 aromatic carbocycles. The van der Waals surface area contributed by atoms with Crippen molar-refractivity contribution in [2.24, 2.45) is 5.41 Å². The molecule has 0 aliphatic carbocycles. The summed E-state index contributed by atoms with van der Waals surface area (Å²) in [5.41, 5.74) is 1.25. The predicted octanol–water partition coefficient (Wildman–Crippen LogP) is 3.43. The second-order valence-electron chi connectivity index (χ2n) is 6.50. The smallest absolute Gasteiger partial charge is 0.387 e. The van der Waals surface area contributed by atoms with Crippen LogP contribution in [0.5, 0.6) is 5.75 Å². The maximum Gasteiger partial charge on any atom is 0.387 e. The molecule has 2 N–H and O–H groups in total. The Morgan fingerprint density at radius 3 is 2.35 bits per heavy atom. The highest BCUT2D eigenvalue weighted by molar-refractivity contribution is 5.94. The van der Waals surface area contributed by atoms with E-state index < -0.39 is 6.61 Å². The van der Waals surface area contributed by atoms with Crippen LogP contribution in [0, 0.1) is 19.3 Å². The maximum absolute atomic E-state index is 12.4. The summed E-state index contributed by atoms with van der Waals surface area (Å²) >= 11 is 0. The van der Waals surface area contributed by atoms with Crippen molar-refractivity contribution in [1.29, 1.82) is 0 Å². The highest BCUT2D eigenvalue weighted by Gasteiger charge is 2.17. The van der Waals surface area contributed by atoms with Crippen molar-refractivity contribution in [2.75, 3.05) is 13.2 Å². The highest BCUT2D eigenvalue weighted by Crippen LogP contribution is 2.26. The molecule has 23 heavy (non-hydrogen) atoms. The van der Waals surface area contributed by atoms with E-state index in [-0.39, 0.29) is 23.7 Å². The number of benzene rings is 1. The van der Waals surface area contributed by atoms with Crippen LogP contribution in [0.25, 0.3) is 0 Å². The van der Waals surface area contributed by atoms with Crippen LogP contribution in [0.3, 0.4) is 0 Å². The summed E-state index contributed by atoms with van der Waals surface area (Å²) < 4.78 is 29.2. The van der Waals surface area contributed by atoms with Gasteiger partial charge in [0.1, 0.15) is 5.75 Å². The van der Waals surface area contributed by atoms with Crippen LogP contribution >= 0.6 is 0 Å². The van der Waals surface area contributed by atoms with Crippen LogP contribution in [0.1, 0.15) is 48.2 Å². The molecule has 0 bridgehead atoms. The van der Waals surface area contributed by atoms with Gasteiger partial charge in [-0.15, -0.1) is 0 Å². The number of carbonyl (C=O) groups excluding carboxylic acids is 1. The van der Waals surface area contributed by atoms with E-state index in [1.807, 2.05) is 13.8 Å². The molecule has 0 spiro atoms.